The summed E-state index contributed by atoms with van der Waals surface area (Å²) in [6.07, 6.45) is 0.0849. The van der Waals surface area contributed by atoms with Gasteiger partial charge >= 0.3 is 0 Å². The Morgan fingerprint density at radius 1 is 1.21 bits per heavy atom. The Labute approximate surface area is 143 Å². The molecule has 1 N–H and O–H groups in total. The van der Waals surface area contributed by atoms with Crippen LogP contribution in [0, 0.1) is 5.82 Å². The molecule has 1 aliphatic heterocycles. The Hall–Kier alpha value is -2.25. The number of sulfone groups is 1. The minimum atomic E-state index is -3.47. The van der Waals surface area contributed by atoms with Gasteiger partial charge in [-0.2, -0.15) is 5.10 Å². The summed E-state index contributed by atoms with van der Waals surface area (Å²) in [4.78, 5) is 12.1. The fraction of sp³-hybridized carbons (Fsp3) is 0.125. The lowest BCUT2D eigenvalue weighted by Crippen LogP contribution is -2.26. The molecular weight excluding hydrogens is 355 g/mol. The normalized spacial score (nSPS) is 17.3. The molecule has 0 fully saturated rings. The van der Waals surface area contributed by atoms with Gasteiger partial charge < -0.3 is 0 Å². The predicted octanol–water partition coefficient (Wildman–Crippen LogP) is 2.79. The van der Waals surface area contributed by atoms with Crippen LogP contribution >= 0.6 is 11.6 Å². The summed E-state index contributed by atoms with van der Waals surface area (Å²) in [7, 11) is -3.47. The number of hydrogen-bond donors (Lipinski definition) is 1. The van der Waals surface area contributed by atoms with Crippen LogP contribution in [0.3, 0.4) is 0 Å². The molecule has 0 atom stereocenters. The average Bonchev–Trinajstić information content (AvgIpc) is 2.54. The maximum atomic E-state index is 13.5. The van der Waals surface area contributed by atoms with Gasteiger partial charge in [0, 0.05) is 12.0 Å². The highest BCUT2D eigenvalue weighted by Gasteiger charge is 2.28. The van der Waals surface area contributed by atoms with E-state index in [0.717, 1.165) is 12.1 Å². The van der Waals surface area contributed by atoms with Crippen molar-refractivity contribution >= 4 is 33.1 Å². The van der Waals surface area contributed by atoms with E-state index in [0.29, 0.717) is 5.71 Å². The number of benzene rings is 2. The third-order valence-electron chi connectivity index (χ3n) is 3.61. The summed E-state index contributed by atoms with van der Waals surface area (Å²) in [6, 6.07) is 9.86. The van der Waals surface area contributed by atoms with Crippen molar-refractivity contribution in [1.29, 1.82) is 0 Å². The first-order chi connectivity index (χ1) is 11.4. The van der Waals surface area contributed by atoms with E-state index in [1.165, 1.54) is 12.1 Å². The molecule has 0 radical (unpaired) electrons. The second-order valence-electron chi connectivity index (χ2n) is 5.19. The third kappa shape index (κ3) is 3.18. The number of fused-ring (bicyclic) bond motifs is 1. The van der Waals surface area contributed by atoms with Crippen LogP contribution in [0.5, 0.6) is 0 Å². The number of rotatable bonds is 2. The second kappa shape index (κ2) is 6.33. The minimum Gasteiger partial charge on any atom is -0.267 e. The molecule has 3 rings (SSSR count). The molecule has 0 aliphatic carbocycles. The Bertz CT molecular complexity index is 958. The molecule has 0 bridgehead atoms. The molecule has 2 aromatic rings. The molecule has 24 heavy (non-hydrogen) atoms. The van der Waals surface area contributed by atoms with Crippen LogP contribution in [-0.2, 0) is 9.84 Å². The molecule has 124 valence electrons. The number of carbonyl (C=O) groups excluding carboxylic acids is 1. The van der Waals surface area contributed by atoms with Crippen LogP contribution in [0.1, 0.15) is 22.3 Å². The molecule has 8 heteroatoms. The third-order valence-corrected chi connectivity index (χ3v) is 5.70. The van der Waals surface area contributed by atoms with Crippen molar-refractivity contribution in [2.75, 3.05) is 5.75 Å². The number of nitrogens with zero attached hydrogens (tertiary/aromatic N) is 1. The number of hydrazone groups is 1. The summed E-state index contributed by atoms with van der Waals surface area (Å²) in [5.74, 6) is -1.25. The quantitative estimate of drug-likeness (QED) is 0.656. The van der Waals surface area contributed by atoms with Gasteiger partial charge in [-0.3, -0.25) is 4.79 Å². The summed E-state index contributed by atoms with van der Waals surface area (Å²) in [5, 5.41) is 4.25. The number of amides is 1. The van der Waals surface area contributed by atoms with Gasteiger partial charge in [0.25, 0.3) is 5.91 Å². The van der Waals surface area contributed by atoms with Crippen molar-refractivity contribution in [3.05, 3.63) is 64.4 Å². The van der Waals surface area contributed by atoms with Gasteiger partial charge in [0.05, 0.1) is 26.9 Å². The van der Waals surface area contributed by atoms with Crippen molar-refractivity contribution in [2.24, 2.45) is 5.10 Å². The lowest BCUT2D eigenvalue weighted by Gasteiger charge is -2.18. The Balaban J connectivity index is 1.93. The van der Waals surface area contributed by atoms with Gasteiger partial charge in [0.1, 0.15) is 5.82 Å². The number of halogens is 2. The molecule has 0 saturated heterocycles. The SMILES string of the molecule is O=C(N/N=C1/CCS(=O)(=O)c2ccc(F)cc21)c1ccccc1Cl. The van der Waals surface area contributed by atoms with Crippen LogP contribution in [0.25, 0.3) is 0 Å². The first-order valence-electron chi connectivity index (χ1n) is 7.02. The fourth-order valence-corrected chi connectivity index (χ4v) is 4.11. The van der Waals surface area contributed by atoms with Crippen LogP contribution < -0.4 is 5.43 Å². The van der Waals surface area contributed by atoms with E-state index in [2.05, 4.69) is 10.5 Å². The highest BCUT2D eigenvalue weighted by atomic mass is 35.5. The van der Waals surface area contributed by atoms with Gasteiger partial charge in [-0.15, -0.1) is 0 Å². The topological polar surface area (TPSA) is 75.6 Å². The van der Waals surface area contributed by atoms with Crippen molar-refractivity contribution < 1.29 is 17.6 Å². The van der Waals surface area contributed by atoms with E-state index >= 15 is 0 Å². The smallest absolute Gasteiger partial charge is 0.267 e. The summed E-state index contributed by atoms with van der Waals surface area (Å²) in [6.45, 7) is 0. The molecule has 0 saturated carbocycles. The average molecular weight is 367 g/mol. The molecule has 1 amide bonds. The first kappa shape index (κ1) is 16.6. The standard InChI is InChI=1S/C16H12ClFN2O3S/c17-13-4-2-1-3-11(13)16(21)20-19-14-7-8-24(22,23)15-6-5-10(18)9-12(14)15/h1-6,9H,7-8H2,(H,20,21)/b19-14-. The minimum absolute atomic E-state index is 0.0147. The zero-order chi connectivity index (χ0) is 17.3. The number of carbonyl (C=O) groups is 1. The lowest BCUT2D eigenvalue weighted by atomic mass is 10.1. The van der Waals surface area contributed by atoms with Crippen LogP contribution in [-0.4, -0.2) is 25.8 Å². The summed E-state index contributed by atoms with van der Waals surface area (Å²) < 4.78 is 37.6. The Morgan fingerprint density at radius 3 is 2.71 bits per heavy atom. The van der Waals surface area contributed by atoms with Crippen LogP contribution in [0.15, 0.2) is 52.5 Å². The zero-order valence-electron chi connectivity index (χ0n) is 12.3. The first-order valence-corrected chi connectivity index (χ1v) is 9.05. The highest BCUT2D eigenvalue weighted by Crippen LogP contribution is 2.26. The van der Waals surface area contributed by atoms with E-state index in [1.807, 2.05) is 0 Å². The predicted molar refractivity (Wildman–Crippen MR) is 88.5 cm³/mol. The van der Waals surface area contributed by atoms with Crippen molar-refractivity contribution in [1.82, 2.24) is 5.43 Å². The lowest BCUT2D eigenvalue weighted by molar-refractivity contribution is 0.0955. The monoisotopic (exact) mass is 366 g/mol. The molecule has 0 aromatic heterocycles. The van der Waals surface area contributed by atoms with E-state index in [4.69, 9.17) is 11.6 Å². The van der Waals surface area contributed by atoms with Crippen molar-refractivity contribution in [3.63, 3.8) is 0 Å². The van der Waals surface area contributed by atoms with Crippen LogP contribution in [0.2, 0.25) is 5.02 Å². The molecule has 1 heterocycles. The Morgan fingerprint density at radius 2 is 1.96 bits per heavy atom. The molecule has 5 nitrogen and oxygen atoms in total. The van der Waals surface area contributed by atoms with Crippen molar-refractivity contribution in [2.45, 2.75) is 11.3 Å². The molecule has 0 unspecified atom stereocenters. The van der Waals surface area contributed by atoms with Crippen molar-refractivity contribution in [3.8, 4) is 0 Å². The second-order valence-corrected chi connectivity index (χ2v) is 7.67. The molecule has 1 aliphatic rings. The summed E-state index contributed by atoms with van der Waals surface area (Å²) >= 11 is 5.94. The van der Waals surface area contributed by atoms with Gasteiger partial charge in [0.15, 0.2) is 9.84 Å². The number of hydrogen-bond acceptors (Lipinski definition) is 4. The molecule has 0 spiro atoms. The largest absolute Gasteiger partial charge is 0.272 e. The highest BCUT2D eigenvalue weighted by molar-refractivity contribution is 7.91. The van der Waals surface area contributed by atoms with E-state index in [1.54, 1.807) is 18.2 Å². The van der Waals surface area contributed by atoms with E-state index in [-0.39, 0.29) is 33.2 Å². The van der Waals surface area contributed by atoms with Gasteiger partial charge in [-0.05, 0) is 30.3 Å². The summed E-state index contributed by atoms with van der Waals surface area (Å²) in [5.41, 5.74) is 3.06. The zero-order valence-corrected chi connectivity index (χ0v) is 13.9. The van der Waals surface area contributed by atoms with Gasteiger partial charge in [-0.25, -0.2) is 18.2 Å². The fourth-order valence-electron chi connectivity index (χ4n) is 2.41. The Kier molecular flexibility index (Phi) is 4.38. The van der Waals surface area contributed by atoms with E-state index in [9.17, 15) is 17.6 Å². The molecular formula is C16H12ClFN2O3S. The maximum Gasteiger partial charge on any atom is 0.272 e. The number of nitrogens with one attached hydrogen (secondary N) is 1. The van der Waals surface area contributed by atoms with Crippen LogP contribution in [0.4, 0.5) is 4.39 Å². The molecule has 2 aromatic carbocycles. The van der Waals surface area contributed by atoms with Gasteiger partial charge in [0.2, 0.25) is 0 Å². The van der Waals surface area contributed by atoms with E-state index < -0.39 is 21.6 Å². The maximum absolute atomic E-state index is 13.5. The van der Waals surface area contributed by atoms with Gasteiger partial charge in [-0.1, -0.05) is 23.7 Å².